The fraction of sp³-hybridized carbons (Fsp3) is 0.867. The summed E-state index contributed by atoms with van der Waals surface area (Å²) < 4.78 is 9.59. The average Bonchev–Trinajstić information content (AvgIpc) is 2.36. The van der Waals surface area contributed by atoms with Crippen molar-refractivity contribution in [1.82, 2.24) is 0 Å². The van der Waals surface area contributed by atoms with Crippen LogP contribution in [0.15, 0.2) is 0 Å². The first-order chi connectivity index (χ1) is 9.08. The van der Waals surface area contributed by atoms with Gasteiger partial charge < -0.3 is 9.47 Å². The zero-order chi connectivity index (χ0) is 14.9. The van der Waals surface area contributed by atoms with Crippen molar-refractivity contribution in [2.75, 3.05) is 13.2 Å². The standard InChI is InChI=1S/C8H16O2.C7H14O2/c1-3-5-7-10-8(9)6-4-2;1-3-4-5-6-9-7(2)8/h3-7H2,1-2H3;3-6H2,1-2H3. The minimum absolute atomic E-state index is 0.0593. The maximum atomic E-state index is 10.7. The number of esters is 2. The lowest BCUT2D eigenvalue weighted by Gasteiger charge is -2.00. The number of rotatable bonds is 9. The Morgan fingerprint density at radius 2 is 1.37 bits per heavy atom. The lowest BCUT2D eigenvalue weighted by atomic mass is 10.3. The molecule has 0 amide bonds. The molecule has 0 bridgehead atoms. The molecule has 0 N–H and O–H groups in total. The zero-order valence-corrected chi connectivity index (χ0v) is 13.0. The quantitative estimate of drug-likeness (QED) is 0.473. The Bertz CT molecular complexity index is 214. The largest absolute Gasteiger partial charge is 0.466 e. The second-order valence-electron chi connectivity index (χ2n) is 4.37. The van der Waals surface area contributed by atoms with Gasteiger partial charge in [0.15, 0.2) is 0 Å². The number of carbonyl (C=O) groups is 2. The first kappa shape index (κ1) is 20.3. The molecule has 4 heteroatoms. The van der Waals surface area contributed by atoms with Crippen molar-refractivity contribution in [3.8, 4) is 0 Å². The molecule has 0 rings (SSSR count). The minimum Gasteiger partial charge on any atom is -0.466 e. The monoisotopic (exact) mass is 274 g/mol. The molecular formula is C15H30O4. The summed E-state index contributed by atoms with van der Waals surface area (Å²) in [6.45, 7) is 8.78. The summed E-state index contributed by atoms with van der Waals surface area (Å²) in [4.78, 5) is 20.9. The van der Waals surface area contributed by atoms with Gasteiger partial charge in [-0.2, -0.15) is 0 Å². The van der Waals surface area contributed by atoms with Gasteiger partial charge in [-0.25, -0.2) is 0 Å². The predicted molar refractivity (Wildman–Crippen MR) is 76.9 cm³/mol. The van der Waals surface area contributed by atoms with Gasteiger partial charge in [0.25, 0.3) is 0 Å². The molecular weight excluding hydrogens is 244 g/mol. The van der Waals surface area contributed by atoms with Crippen LogP contribution in [0.5, 0.6) is 0 Å². The van der Waals surface area contributed by atoms with Crippen LogP contribution in [-0.4, -0.2) is 25.2 Å². The van der Waals surface area contributed by atoms with Crippen molar-refractivity contribution >= 4 is 11.9 Å². The van der Waals surface area contributed by atoms with E-state index >= 15 is 0 Å². The Hall–Kier alpha value is -1.06. The fourth-order valence-electron chi connectivity index (χ4n) is 1.17. The van der Waals surface area contributed by atoms with E-state index in [0.717, 1.165) is 32.1 Å². The highest BCUT2D eigenvalue weighted by Crippen LogP contribution is 1.94. The van der Waals surface area contributed by atoms with E-state index in [-0.39, 0.29) is 11.9 Å². The molecule has 0 unspecified atom stereocenters. The molecule has 0 aromatic rings. The zero-order valence-electron chi connectivity index (χ0n) is 13.0. The highest BCUT2D eigenvalue weighted by Gasteiger charge is 1.97. The fourth-order valence-corrected chi connectivity index (χ4v) is 1.17. The lowest BCUT2D eigenvalue weighted by Crippen LogP contribution is -2.04. The van der Waals surface area contributed by atoms with Gasteiger partial charge in [0.1, 0.15) is 0 Å². The van der Waals surface area contributed by atoms with E-state index in [9.17, 15) is 9.59 Å². The molecule has 0 fully saturated rings. The van der Waals surface area contributed by atoms with Gasteiger partial charge in [0.05, 0.1) is 13.2 Å². The van der Waals surface area contributed by atoms with Crippen molar-refractivity contribution < 1.29 is 19.1 Å². The third-order valence-corrected chi connectivity index (χ3v) is 2.27. The van der Waals surface area contributed by atoms with E-state index in [0.29, 0.717) is 19.6 Å². The van der Waals surface area contributed by atoms with Crippen LogP contribution in [0.25, 0.3) is 0 Å². The molecule has 114 valence electrons. The van der Waals surface area contributed by atoms with Crippen LogP contribution in [0, 0.1) is 0 Å². The predicted octanol–water partition coefficient (Wildman–Crippen LogP) is 3.87. The number of hydrogen-bond donors (Lipinski definition) is 0. The summed E-state index contributed by atoms with van der Waals surface area (Å²) in [5.74, 6) is -0.234. The van der Waals surface area contributed by atoms with Gasteiger partial charge in [-0.15, -0.1) is 0 Å². The van der Waals surface area contributed by atoms with E-state index in [1.165, 1.54) is 13.3 Å². The van der Waals surface area contributed by atoms with Gasteiger partial charge >= 0.3 is 11.9 Å². The Morgan fingerprint density at radius 1 is 0.789 bits per heavy atom. The first-order valence-electron chi connectivity index (χ1n) is 7.37. The van der Waals surface area contributed by atoms with Crippen LogP contribution in [0.2, 0.25) is 0 Å². The smallest absolute Gasteiger partial charge is 0.305 e. The van der Waals surface area contributed by atoms with Crippen molar-refractivity contribution in [1.29, 1.82) is 0 Å². The van der Waals surface area contributed by atoms with Crippen LogP contribution in [-0.2, 0) is 19.1 Å². The minimum atomic E-state index is -0.175. The molecule has 0 saturated carbocycles. The number of carbonyl (C=O) groups excluding carboxylic acids is 2. The van der Waals surface area contributed by atoms with Crippen molar-refractivity contribution in [2.45, 2.75) is 72.6 Å². The van der Waals surface area contributed by atoms with Crippen LogP contribution < -0.4 is 0 Å². The molecule has 4 nitrogen and oxygen atoms in total. The lowest BCUT2D eigenvalue weighted by molar-refractivity contribution is -0.144. The molecule has 0 heterocycles. The maximum Gasteiger partial charge on any atom is 0.305 e. The summed E-state index contributed by atoms with van der Waals surface area (Å²) in [6.07, 6.45) is 6.81. The third kappa shape index (κ3) is 22.6. The second-order valence-corrected chi connectivity index (χ2v) is 4.37. The van der Waals surface area contributed by atoms with Crippen LogP contribution in [0.3, 0.4) is 0 Å². The average molecular weight is 274 g/mol. The molecule has 0 aliphatic rings. The van der Waals surface area contributed by atoms with Gasteiger partial charge in [-0.05, 0) is 19.3 Å². The molecule has 19 heavy (non-hydrogen) atoms. The highest BCUT2D eigenvalue weighted by atomic mass is 16.5. The van der Waals surface area contributed by atoms with E-state index in [1.54, 1.807) is 0 Å². The Balaban J connectivity index is 0. The summed E-state index contributed by atoms with van der Waals surface area (Å²) in [5.41, 5.74) is 0. The summed E-state index contributed by atoms with van der Waals surface area (Å²) in [5, 5.41) is 0. The van der Waals surface area contributed by atoms with E-state index in [4.69, 9.17) is 9.47 Å². The number of hydrogen-bond acceptors (Lipinski definition) is 4. The van der Waals surface area contributed by atoms with E-state index in [1.807, 2.05) is 6.92 Å². The van der Waals surface area contributed by atoms with Crippen LogP contribution >= 0.6 is 0 Å². The second kappa shape index (κ2) is 16.9. The Labute approximate surface area is 117 Å². The first-order valence-corrected chi connectivity index (χ1v) is 7.37. The molecule has 0 radical (unpaired) electrons. The summed E-state index contributed by atoms with van der Waals surface area (Å²) in [7, 11) is 0. The topological polar surface area (TPSA) is 52.6 Å². The highest BCUT2D eigenvalue weighted by molar-refractivity contribution is 5.69. The van der Waals surface area contributed by atoms with Crippen LogP contribution in [0.4, 0.5) is 0 Å². The van der Waals surface area contributed by atoms with Gasteiger partial charge in [-0.3, -0.25) is 9.59 Å². The molecule has 0 aliphatic carbocycles. The summed E-state index contributed by atoms with van der Waals surface area (Å²) >= 11 is 0. The molecule has 0 aromatic carbocycles. The molecule has 0 atom stereocenters. The molecule has 0 aromatic heterocycles. The summed E-state index contributed by atoms with van der Waals surface area (Å²) in [6, 6.07) is 0. The van der Waals surface area contributed by atoms with Crippen molar-refractivity contribution in [3.63, 3.8) is 0 Å². The van der Waals surface area contributed by atoms with Crippen LogP contribution in [0.1, 0.15) is 72.6 Å². The van der Waals surface area contributed by atoms with Gasteiger partial charge in [0.2, 0.25) is 0 Å². The Morgan fingerprint density at radius 3 is 1.84 bits per heavy atom. The number of ether oxygens (including phenoxy) is 2. The van der Waals surface area contributed by atoms with E-state index in [2.05, 4.69) is 13.8 Å². The van der Waals surface area contributed by atoms with Crippen molar-refractivity contribution in [2.24, 2.45) is 0 Å². The van der Waals surface area contributed by atoms with Gasteiger partial charge in [0, 0.05) is 13.3 Å². The molecule has 0 aliphatic heterocycles. The van der Waals surface area contributed by atoms with Crippen molar-refractivity contribution in [3.05, 3.63) is 0 Å². The maximum absolute atomic E-state index is 10.7. The third-order valence-electron chi connectivity index (χ3n) is 2.27. The molecule has 0 saturated heterocycles. The SMILES string of the molecule is CCCCCOC(C)=O.CCCCOC(=O)CCC. The molecule has 0 spiro atoms. The van der Waals surface area contributed by atoms with Gasteiger partial charge in [-0.1, -0.05) is 40.0 Å². The number of unbranched alkanes of at least 4 members (excludes halogenated alkanes) is 3. The Kier molecular flexibility index (Phi) is 18.1. The normalized spacial score (nSPS) is 9.26. The van der Waals surface area contributed by atoms with E-state index < -0.39 is 0 Å².